The van der Waals surface area contributed by atoms with Crippen molar-refractivity contribution in [3.63, 3.8) is 0 Å². The van der Waals surface area contributed by atoms with E-state index in [-0.39, 0.29) is 0 Å². The zero-order valence-corrected chi connectivity index (χ0v) is 15.5. The fourth-order valence-electron chi connectivity index (χ4n) is 7.15. The third kappa shape index (κ3) is 1.84. The summed E-state index contributed by atoms with van der Waals surface area (Å²) in [6.07, 6.45) is 13.5. The maximum atomic E-state index is 2.71. The molecule has 5 aliphatic rings. The topological polar surface area (TPSA) is 0 Å². The highest BCUT2D eigenvalue weighted by Crippen LogP contribution is 2.68. The van der Waals surface area contributed by atoms with E-state index >= 15 is 0 Å². The summed E-state index contributed by atoms with van der Waals surface area (Å²) < 4.78 is 0.769. The van der Waals surface area contributed by atoms with Crippen molar-refractivity contribution in [2.75, 3.05) is 5.75 Å². The lowest BCUT2D eigenvalue weighted by Crippen LogP contribution is -2.49. The minimum absolute atomic E-state index is 0.527. The van der Waals surface area contributed by atoms with Crippen molar-refractivity contribution in [1.29, 1.82) is 0 Å². The van der Waals surface area contributed by atoms with Crippen LogP contribution in [0.15, 0.2) is 11.1 Å². The summed E-state index contributed by atoms with van der Waals surface area (Å²) in [4.78, 5) is 0. The van der Waals surface area contributed by atoms with Gasteiger partial charge in [-0.2, -0.15) is 11.8 Å². The lowest BCUT2D eigenvalue weighted by Gasteiger charge is -2.57. The van der Waals surface area contributed by atoms with Crippen LogP contribution in [-0.2, 0) is 0 Å². The Hall–Kier alpha value is 0.0900. The number of thioether (sulfide) groups is 1. The Morgan fingerprint density at radius 2 is 1.77 bits per heavy atom. The molecule has 5 rings (SSSR count). The van der Waals surface area contributed by atoms with Crippen molar-refractivity contribution in [3.8, 4) is 0 Å². The van der Waals surface area contributed by atoms with Gasteiger partial charge in [-0.05, 0) is 86.4 Å². The normalized spacial score (nSPS) is 52.2. The Morgan fingerprint density at radius 1 is 0.955 bits per heavy atom. The predicted octanol–water partition coefficient (Wildman–Crippen LogP) is 6.22. The van der Waals surface area contributed by atoms with E-state index in [1.54, 1.807) is 6.42 Å². The van der Waals surface area contributed by atoms with Crippen LogP contribution in [0.5, 0.6) is 0 Å². The van der Waals surface area contributed by atoms with Gasteiger partial charge in [-0.15, -0.1) is 0 Å². The van der Waals surface area contributed by atoms with E-state index in [0.717, 1.165) is 22.5 Å². The molecule has 2 saturated carbocycles. The first kappa shape index (κ1) is 14.4. The number of fused-ring (bicyclic) bond motifs is 4. The number of allylic oxidation sites excluding steroid dienone is 2. The van der Waals surface area contributed by atoms with Gasteiger partial charge in [0, 0.05) is 10.5 Å². The van der Waals surface area contributed by atoms with Crippen LogP contribution in [0.3, 0.4) is 0 Å². The van der Waals surface area contributed by atoms with Gasteiger partial charge in [-0.25, -0.2) is 0 Å². The lowest BCUT2D eigenvalue weighted by molar-refractivity contribution is -0.0375. The maximum absolute atomic E-state index is 2.71. The molecule has 3 fully saturated rings. The van der Waals surface area contributed by atoms with Gasteiger partial charge >= 0.3 is 0 Å². The molecule has 22 heavy (non-hydrogen) atoms. The maximum Gasteiger partial charge on any atom is 0.0254 e. The molecule has 0 radical (unpaired) electrons. The minimum atomic E-state index is 0.527. The minimum Gasteiger partial charge on any atom is -0.153 e. The summed E-state index contributed by atoms with van der Waals surface area (Å²) in [5, 5.41) is 0. The quantitative estimate of drug-likeness (QED) is 0.378. The molecule has 1 saturated heterocycles. The molecule has 1 heteroatoms. The van der Waals surface area contributed by atoms with Crippen LogP contribution in [0.2, 0.25) is 0 Å². The zero-order valence-electron chi connectivity index (χ0n) is 14.7. The highest BCUT2D eigenvalue weighted by molar-refractivity contribution is 8.07. The first-order valence-corrected chi connectivity index (χ1v) is 10.8. The Balaban J connectivity index is 1.47. The number of hydrogen-bond donors (Lipinski definition) is 0. The third-order valence-corrected chi connectivity index (χ3v) is 10.2. The standard InChI is InChI=1S/C21H32S/c1-19(2)9-8-16-15-5-4-14-12-21(13-22-21)11-10-20(14,3)18(15)7-6-17(16)19/h14-15,18H,4-13H2,1-3H3/t14-,15+,18+,20-,21-/m0/s1. The largest absolute Gasteiger partial charge is 0.153 e. The third-order valence-electron chi connectivity index (χ3n) is 8.76. The monoisotopic (exact) mass is 316 g/mol. The molecule has 0 N–H and O–H groups in total. The average molecular weight is 317 g/mol. The van der Waals surface area contributed by atoms with E-state index in [1.165, 1.54) is 57.1 Å². The van der Waals surface area contributed by atoms with E-state index in [4.69, 9.17) is 0 Å². The van der Waals surface area contributed by atoms with Crippen molar-refractivity contribution in [2.24, 2.45) is 28.6 Å². The highest BCUT2D eigenvalue weighted by atomic mass is 32.2. The first-order chi connectivity index (χ1) is 10.4. The number of rotatable bonds is 0. The molecule has 1 heterocycles. The summed E-state index contributed by atoms with van der Waals surface area (Å²) >= 11 is 2.28. The molecule has 0 bridgehead atoms. The summed E-state index contributed by atoms with van der Waals surface area (Å²) in [5.41, 5.74) is 5.07. The molecular formula is C21H32S. The van der Waals surface area contributed by atoms with Gasteiger partial charge < -0.3 is 0 Å². The molecule has 4 aliphatic carbocycles. The molecule has 0 aromatic carbocycles. The zero-order chi connectivity index (χ0) is 15.2. The van der Waals surface area contributed by atoms with E-state index in [1.807, 2.05) is 11.1 Å². The predicted molar refractivity (Wildman–Crippen MR) is 96.1 cm³/mol. The van der Waals surface area contributed by atoms with Gasteiger partial charge in [0.1, 0.15) is 0 Å². The second-order valence-corrected chi connectivity index (χ2v) is 11.5. The molecular weight excluding hydrogens is 284 g/mol. The van der Waals surface area contributed by atoms with Crippen molar-refractivity contribution < 1.29 is 0 Å². The van der Waals surface area contributed by atoms with Crippen molar-refractivity contribution in [2.45, 2.75) is 83.3 Å². The Bertz CT molecular complexity index is 538. The van der Waals surface area contributed by atoms with Crippen LogP contribution >= 0.6 is 11.8 Å². The summed E-state index contributed by atoms with van der Waals surface area (Å²) in [7, 11) is 0. The van der Waals surface area contributed by atoms with Crippen LogP contribution in [0, 0.1) is 28.6 Å². The van der Waals surface area contributed by atoms with E-state index < -0.39 is 0 Å². The van der Waals surface area contributed by atoms with Gasteiger partial charge in [0.05, 0.1) is 0 Å². The Labute approximate surface area is 140 Å². The van der Waals surface area contributed by atoms with E-state index in [2.05, 4.69) is 32.5 Å². The second-order valence-electron chi connectivity index (χ2n) is 10.1. The van der Waals surface area contributed by atoms with Crippen molar-refractivity contribution in [3.05, 3.63) is 11.1 Å². The second kappa shape index (κ2) is 4.38. The molecule has 0 nitrogen and oxygen atoms in total. The van der Waals surface area contributed by atoms with Crippen LogP contribution in [-0.4, -0.2) is 10.5 Å². The van der Waals surface area contributed by atoms with Gasteiger partial charge in [-0.3, -0.25) is 0 Å². The van der Waals surface area contributed by atoms with E-state index in [0.29, 0.717) is 10.8 Å². The molecule has 1 aliphatic heterocycles. The molecule has 0 aromatic heterocycles. The van der Waals surface area contributed by atoms with Gasteiger partial charge in [0.15, 0.2) is 0 Å². The fraction of sp³-hybridized carbons (Fsp3) is 0.905. The van der Waals surface area contributed by atoms with Gasteiger partial charge in [0.2, 0.25) is 0 Å². The fourth-order valence-corrected chi connectivity index (χ4v) is 8.18. The van der Waals surface area contributed by atoms with Crippen LogP contribution < -0.4 is 0 Å². The number of hydrogen-bond acceptors (Lipinski definition) is 1. The SMILES string of the molecule is CC1(C)CCC2=C1CC[C@@H]1[C@@H]2CC[C@H]2C[C@@]3(CC[C@@]21C)CS3. The van der Waals surface area contributed by atoms with Crippen LogP contribution in [0.25, 0.3) is 0 Å². The molecule has 0 amide bonds. The van der Waals surface area contributed by atoms with Crippen molar-refractivity contribution >= 4 is 11.8 Å². The molecule has 5 atom stereocenters. The molecule has 1 spiro atoms. The Kier molecular flexibility index (Phi) is 2.87. The highest BCUT2D eigenvalue weighted by Gasteiger charge is 2.59. The van der Waals surface area contributed by atoms with Crippen molar-refractivity contribution in [1.82, 2.24) is 0 Å². The summed E-state index contributed by atoms with van der Waals surface area (Å²) in [5.74, 6) is 4.54. The van der Waals surface area contributed by atoms with E-state index in [9.17, 15) is 0 Å². The van der Waals surface area contributed by atoms with Crippen LogP contribution in [0.1, 0.15) is 78.6 Å². The summed E-state index contributed by atoms with van der Waals surface area (Å²) in [6.45, 7) is 7.73. The van der Waals surface area contributed by atoms with Gasteiger partial charge in [0.25, 0.3) is 0 Å². The smallest absolute Gasteiger partial charge is 0.0254 e. The molecule has 0 unspecified atom stereocenters. The van der Waals surface area contributed by atoms with Gasteiger partial charge in [-0.1, -0.05) is 31.9 Å². The Morgan fingerprint density at radius 3 is 2.55 bits per heavy atom. The average Bonchev–Trinajstić information content (AvgIpc) is 3.17. The molecule has 122 valence electrons. The first-order valence-electron chi connectivity index (χ1n) is 9.80. The van der Waals surface area contributed by atoms with Crippen LogP contribution in [0.4, 0.5) is 0 Å². The lowest BCUT2D eigenvalue weighted by atomic mass is 9.48. The summed E-state index contributed by atoms with van der Waals surface area (Å²) in [6, 6.07) is 0. The molecule has 0 aromatic rings.